The summed E-state index contributed by atoms with van der Waals surface area (Å²) < 4.78 is 11.1. The van der Waals surface area contributed by atoms with E-state index in [1.54, 1.807) is 0 Å². The second-order valence-corrected chi connectivity index (χ2v) is 5.14. The Hall–Kier alpha value is -2.47. The average Bonchev–Trinajstić information content (AvgIpc) is 2.53. The van der Waals surface area contributed by atoms with Crippen molar-refractivity contribution < 1.29 is 9.47 Å². The molecule has 0 saturated heterocycles. The van der Waals surface area contributed by atoms with Crippen molar-refractivity contribution in [2.24, 2.45) is 0 Å². The first kappa shape index (κ1) is 15.9. The maximum absolute atomic E-state index is 9.36. The van der Waals surface area contributed by atoms with Crippen LogP contribution in [0.3, 0.4) is 0 Å². The molecule has 1 atom stereocenters. The van der Waals surface area contributed by atoms with Gasteiger partial charge in [0.15, 0.2) is 0 Å². The zero-order valence-corrected chi connectivity index (χ0v) is 13.1. The molecule has 0 bridgehead atoms. The smallest absolute Gasteiger partial charge is 0.119 e. The first-order valence-electron chi connectivity index (χ1n) is 7.54. The Morgan fingerprint density at radius 1 is 1.05 bits per heavy atom. The van der Waals surface area contributed by atoms with Crippen LogP contribution in [0.15, 0.2) is 48.5 Å². The van der Waals surface area contributed by atoms with Gasteiger partial charge in [-0.05, 0) is 49.2 Å². The Labute approximate surface area is 132 Å². The van der Waals surface area contributed by atoms with E-state index < -0.39 is 0 Å². The fraction of sp³-hybridized carbons (Fsp3) is 0.316. The average molecular weight is 295 g/mol. The second kappa shape index (κ2) is 8.09. The van der Waals surface area contributed by atoms with Crippen LogP contribution in [-0.2, 0) is 0 Å². The maximum Gasteiger partial charge on any atom is 0.119 e. The van der Waals surface area contributed by atoms with Crippen LogP contribution in [0.2, 0.25) is 0 Å². The van der Waals surface area contributed by atoms with Crippen molar-refractivity contribution in [2.75, 3.05) is 13.2 Å². The standard InChI is InChI=1S/C19H21NO2/c1-3-21-18-9-7-16(8-10-18)17(14-20)11-12-22-19-6-4-5-15(2)13-19/h4-10,13,17H,3,11-12H2,1-2H3. The molecule has 3 nitrogen and oxygen atoms in total. The summed E-state index contributed by atoms with van der Waals surface area (Å²) >= 11 is 0. The molecule has 0 aliphatic heterocycles. The molecule has 3 heteroatoms. The summed E-state index contributed by atoms with van der Waals surface area (Å²) in [6.07, 6.45) is 0.665. The second-order valence-electron chi connectivity index (χ2n) is 5.14. The lowest BCUT2D eigenvalue weighted by molar-refractivity contribution is 0.305. The highest BCUT2D eigenvalue weighted by Gasteiger charge is 2.11. The molecule has 0 fully saturated rings. The van der Waals surface area contributed by atoms with Crippen molar-refractivity contribution >= 4 is 0 Å². The molecule has 1 unspecified atom stereocenters. The molecule has 2 aromatic carbocycles. The summed E-state index contributed by atoms with van der Waals surface area (Å²) in [6.45, 7) is 5.15. The third kappa shape index (κ3) is 4.53. The van der Waals surface area contributed by atoms with E-state index in [0.717, 1.165) is 17.1 Å². The van der Waals surface area contributed by atoms with E-state index in [1.165, 1.54) is 5.56 Å². The van der Waals surface area contributed by atoms with Gasteiger partial charge in [0, 0.05) is 6.42 Å². The van der Waals surface area contributed by atoms with E-state index >= 15 is 0 Å². The summed E-state index contributed by atoms with van der Waals surface area (Å²) in [5.41, 5.74) is 2.17. The molecule has 114 valence electrons. The van der Waals surface area contributed by atoms with Gasteiger partial charge < -0.3 is 9.47 Å². The SMILES string of the molecule is CCOc1ccc(C(C#N)CCOc2cccc(C)c2)cc1. The van der Waals surface area contributed by atoms with Crippen molar-refractivity contribution in [3.63, 3.8) is 0 Å². The Balaban J connectivity index is 1.90. The third-order valence-electron chi connectivity index (χ3n) is 3.41. The third-order valence-corrected chi connectivity index (χ3v) is 3.41. The number of hydrogen-bond acceptors (Lipinski definition) is 3. The van der Waals surface area contributed by atoms with Crippen molar-refractivity contribution in [1.29, 1.82) is 5.26 Å². The molecular formula is C19H21NO2. The normalized spacial score (nSPS) is 11.5. The van der Waals surface area contributed by atoms with Crippen LogP contribution in [0.1, 0.15) is 30.4 Å². The van der Waals surface area contributed by atoms with Gasteiger partial charge >= 0.3 is 0 Å². The molecule has 22 heavy (non-hydrogen) atoms. The van der Waals surface area contributed by atoms with E-state index in [-0.39, 0.29) is 5.92 Å². The Bertz CT molecular complexity index is 629. The lowest BCUT2D eigenvalue weighted by Gasteiger charge is -2.12. The number of nitriles is 1. The molecule has 0 saturated carbocycles. The van der Waals surface area contributed by atoms with Gasteiger partial charge in [0.25, 0.3) is 0 Å². The van der Waals surface area contributed by atoms with Crippen molar-refractivity contribution in [3.8, 4) is 17.6 Å². The molecular weight excluding hydrogens is 274 g/mol. The molecule has 0 aromatic heterocycles. The van der Waals surface area contributed by atoms with Crippen LogP contribution in [0.25, 0.3) is 0 Å². The number of benzene rings is 2. The minimum Gasteiger partial charge on any atom is -0.494 e. The largest absolute Gasteiger partial charge is 0.494 e. The van der Waals surface area contributed by atoms with E-state index in [1.807, 2.05) is 62.4 Å². The fourth-order valence-electron chi connectivity index (χ4n) is 2.27. The molecule has 0 aliphatic rings. The highest BCUT2D eigenvalue weighted by Crippen LogP contribution is 2.22. The van der Waals surface area contributed by atoms with Crippen LogP contribution < -0.4 is 9.47 Å². The Morgan fingerprint density at radius 2 is 1.82 bits per heavy atom. The molecule has 0 amide bonds. The molecule has 0 aliphatic carbocycles. The number of nitrogens with zero attached hydrogens (tertiary/aromatic N) is 1. The lowest BCUT2D eigenvalue weighted by atomic mass is 9.97. The fourth-order valence-corrected chi connectivity index (χ4v) is 2.27. The van der Waals surface area contributed by atoms with E-state index in [2.05, 4.69) is 6.07 Å². The maximum atomic E-state index is 9.36. The Kier molecular flexibility index (Phi) is 5.85. The minimum atomic E-state index is -0.166. The van der Waals surface area contributed by atoms with E-state index in [0.29, 0.717) is 19.6 Å². The predicted octanol–water partition coefficient (Wildman–Crippen LogP) is 4.47. The zero-order valence-electron chi connectivity index (χ0n) is 13.1. The summed E-state index contributed by atoms with van der Waals surface area (Å²) in [5.74, 6) is 1.52. The van der Waals surface area contributed by atoms with Crippen LogP contribution >= 0.6 is 0 Å². The molecule has 0 radical (unpaired) electrons. The molecule has 2 aromatic rings. The number of rotatable bonds is 7. The highest BCUT2D eigenvalue weighted by molar-refractivity contribution is 5.32. The van der Waals surface area contributed by atoms with Gasteiger partial charge in [-0.15, -0.1) is 0 Å². The Morgan fingerprint density at radius 3 is 2.45 bits per heavy atom. The van der Waals surface area contributed by atoms with Crippen LogP contribution in [0.4, 0.5) is 0 Å². The monoisotopic (exact) mass is 295 g/mol. The zero-order chi connectivity index (χ0) is 15.8. The van der Waals surface area contributed by atoms with Gasteiger partial charge in [0.1, 0.15) is 11.5 Å². The number of hydrogen-bond donors (Lipinski definition) is 0. The molecule has 0 spiro atoms. The van der Waals surface area contributed by atoms with Crippen molar-refractivity contribution in [3.05, 3.63) is 59.7 Å². The van der Waals surface area contributed by atoms with Gasteiger partial charge in [0.05, 0.1) is 25.2 Å². The van der Waals surface area contributed by atoms with Gasteiger partial charge in [-0.25, -0.2) is 0 Å². The summed E-state index contributed by atoms with van der Waals surface area (Å²) in [6, 6.07) is 18.0. The molecule has 0 heterocycles. The van der Waals surface area contributed by atoms with Gasteiger partial charge in [0.2, 0.25) is 0 Å². The van der Waals surface area contributed by atoms with Crippen LogP contribution in [0.5, 0.6) is 11.5 Å². The van der Waals surface area contributed by atoms with Crippen molar-refractivity contribution in [1.82, 2.24) is 0 Å². The first-order chi connectivity index (χ1) is 10.7. The summed E-state index contributed by atoms with van der Waals surface area (Å²) in [4.78, 5) is 0. The van der Waals surface area contributed by atoms with Gasteiger partial charge in [-0.1, -0.05) is 24.3 Å². The summed E-state index contributed by atoms with van der Waals surface area (Å²) in [7, 11) is 0. The topological polar surface area (TPSA) is 42.2 Å². The van der Waals surface area contributed by atoms with Gasteiger partial charge in [-0.3, -0.25) is 0 Å². The van der Waals surface area contributed by atoms with E-state index in [4.69, 9.17) is 9.47 Å². The quantitative estimate of drug-likeness (QED) is 0.757. The van der Waals surface area contributed by atoms with E-state index in [9.17, 15) is 5.26 Å². The van der Waals surface area contributed by atoms with Crippen LogP contribution in [-0.4, -0.2) is 13.2 Å². The molecule has 2 rings (SSSR count). The minimum absolute atomic E-state index is 0.166. The lowest BCUT2D eigenvalue weighted by Crippen LogP contribution is -2.04. The van der Waals surface area contributed by atoms with Crippen molar-refractivity contribution in [2.45, 2.75) is 26.2 Å². The number of ether oxygens (including phenoxy) is 2. The van der Waals surface area contributed by atoms with Crippen LogP contribution in [0, 0.1) is 18.3 Å². The first-order valence-corrected chi connectivity index (χ1v) is 7.54. The molecule has 0 N–H and O–H groups in total. The number of aryl methyl sites for hydroxylation is 1. The summed E-state index contributed by atoms with van der Waals surface area (Å²) in [5, 5.41) is 9.36. The predicted molar refractivity (Wildman–Crippen MR) is 87.3 cm³/mol. The highest BCUT2D eigenvalue weighted by atomic mass is 16.5. The van der Waals surface area contributed by atoms with Gasteiger partial charge in [-0.2, -0.15) is 5.26 Å².